The summed E-state index contributed by atoms with van der Waals surface area (Å²) in [6, 6.07) is 9.11. The Labute approximate surface area is 150 Å². The van der Waals surface area contributed by atoms with E-state index in [4.69, 9.17) is 14.2 Å². The Morgan fingerprint density at radius 1 is 1.08 bits per heavy atom. The molecule has 2 aromatic carbocycles. The van der Waals surface area contributed by atoms with Crippen LogP contribution in [0, 0.1) is 5.82 Å². The minimum absolute atomic E-state index is 0.00176. The maximum absolute atomic E-state index is 12.8. The lowest BCUT2D eigenvalue weighted by atomic mass is 10.2. The third kappa shape index (κ3) is 5.10. The molecule has 0 heterocycles. The molecule has 0 aromatic heterocycles. The fraction of sp³-hybridized carbons (Fsp3) is 0.222. The van der Waals surface area contributed by atoms with Crippen LogP contribution in [0.15, 0.2) is 41.5 Å². The zero-order valence-electron chi connectivity index (χ0n) is 14.7. The number of carbonyl (C=O) groups is 1. The van der Waals surface area contributed by atoms with Crippen LogP contribution in [0.1, 0.15) is 5.56 Å². The summed E-state index contributed by atoms with van der Waals surface area (Å²) in [5, 5.41) is 6.76. The number of methoxy groups -OCH3 is 3. The van der Waals surface area contributed by atoms with Crippen molar-refractivity contribution >= 4 is 17.8 Å². The van der Waals surface area contributed by atoms with Gasteiger partial charge in [0.15, 0.2) is 11.5 Å². The summed E-state index contributed by atoms with van der Waals surface area (Å²) in [6.45, 7) is -0.00176. The van der Waals surface area contributed by atoms with Gasteiger partial charge in [-0.3, -0.25) is 4.79 Å². The van der Waals surface area contributed by atoms with Gasteiger partial charge in [0.2, 0.25) is 5.75 Å². The van der Waals surface area contributed by atoms with E-state index in [1.165, 1.54) is 39.7 Å². The molecule has 0 radical (unpaired) electrons. The molecule has 7 nitrogen and oxygen atoms in total. The second-order valence-corrected chi connectivity index (χ2v) is 5.11. The van der Waals surface area contributed by atoms with Crippen LogP contribution in [0.3, 0.4) is 0 Å². The fourth-order valence-electron chi connectivity index (χ4n) is 2.14. The van der Waals surface area contributed by atoms with Crippen molar-refractivity contribution in [2.75, 3.05) is 33.2 Å². The van der Waals surface area contributed by atoms with Gasteiger partial charge in [-0.05, 0) is 36.4 Å². The van der Waals surface area contributed by atoms with Gasteiger partial charge in [-0.25, -0.2) is 9.82 Å². The van der Waals surface area contributed by atoms with E-state index in [0.29, 0.717) is 28.5 Å². The van der Waals surface area contributed by atoms with E-state index in [1.807, 2.05) is 0 Å². The van der Waals surface area contributed by atoms with Crippen molar-refractivity contribution in [2.45, 2.75) is 0 Å². The quantitative estimate of drug-likeness (QED) is 0.557. The third-order valence-electron chi connectivity index (χ3n) is 3.39. The molecule has 8 heteroatoms. The van der Waals surface area contributed by atoms with Gasteiger partial charge in [0.25, 0.3) is 5.91 Å². The summed E-state index contributed by atoms with van der Waals surface area (Å²) < 4.78 is 28.6. The molecule has 0 atom stereocenters. The number of hydrogen-bond donors (Lipinski definition) is 2. The topological polar surface area (TPSA) is 81.2 Å². The minimum atomic E-state index is -0.349. The first-order valence-corrected chi connectivity index (χ1v) is 7.68. The molecular formula is C18H20FN3O4. The predicted octanol–water partition coefficient (Wildman–Crippen LogP) is 2.41. The lowest BCUT2D eigenvalue weighted by molar-refractivity contribution is -0.119. The highest BCUT2D eigenvalue weighted by Gasteiger charge is 2.12. The van der Waals surface area contributed by atoms with E-state index < -0.39 is 0 Å². The van der Waals surface area contributed by atoms with Crippen LogP contribution in [0.4, 0.5) is 10.1 Å². The molecule has 0 saturated carbocycles. The Morgan fingerprint density at radius 2 is 1.69 bits per heavy atom. The smallest absolute Gasteiger partial charge is 0.259 e. The Morgan fingerprint density at radius 3 is 2.23 bits per heavy atom. The van der Waals surface area contributed by atoms with Crippen LogP contribution >= 0.6 is 0 Å². The Bertz CT molecular complexity index is 754. The van der Waals surface area contributed by atoms with Gasteiger partial charge in [-0.1, -0.05) is 0 Å². The van der Waals surface area contributed by atoms with E-state index in [9.17, 15) is 9.18 Å². The number of hydrogen-bond acceptors (Lipinski definition) is 6. The number of ether oxygens (including phenoxy) is 3. The van der Waals surface area contributed by atoms with Gasteiger partial charge in [0.1, 0.15) is 5.82 Å². The normalized spacial score (nSPS) is 10.5. The summed E-state index contributed by atoms with van der Waals surface area (Å²) in [6.07, 6.45) is 1.46. The van der Waals surface area contributed by atoms with Gasteiger partial charge in [-0.15, -0.1) is 0 Å². The lowest BCUT2D eigenvalue weighted by Crippen LogP contribution is -2.25. The number of anilines is 1. The van der Waals surface area contributed by atoms with E-state index >= 15 is 0 Å². The zero-order chi connectivity index (χ0) is 18.9. The number of rotatable bonds is 8. The molecule has 0 unspecified atom stereocenters. The van der Waals surface area contributed by atoms with E-state index in [1.54, 1.807) is 24.3 Å². The monoisotopic (exact) mass is 361 g/mol. The average Bonchev–Trinajstić information content (AvgIpc) is 2.66. The van der Waals surface area contributed by atoms with Gasteiger partial charge in [0.05, 0.1) is 34.1 Å². The second kappa shape index (κ2) is 9.26. The molecule has 26 heavy (non-hydrogen) atoms. The molecule has 138 valence electrons. The van der Waals surface area contributed by atoms with Crippen LogP contribution in [0.25, 0.3) is 0 Å². The molecule has 2 aromatic rings. The van der Waals surface area contributed by atoms with E-state index in [0.717, 1.165) is 0 Å². The number of hydrazone groups is 1. The van der Waals surface area contributed by atoms with Gasteiger partial charge in [0, 0.05) is 11.3 Å². The molecule has 0 aliphatic carbocycles. The van der Waals surface area contributed by atoms with Crippen LogP contribution < -0.4 is 25.0 Å². The SMILES string of the molecule is COc1cc(C=NNC(=O)CNc2ccc(F)cc2)cc(OC)c1OC. The molecule has 0 aliphatic rings. The number of nitrogens with one attached hydrogen (secondary N) is 2. The largest absolute Gasteiger partial charge is 0.493 e. The van der Waals surface area contributed by atoms with Crippen LogP contribution in [0.5, 0.6) is 17.2 Å². The van der Waals surface area contributed by atoms with Crippen molar-refractivity contribution in [2.24, 2.45) is 5.10 Å². The van der Waals surface area contributed by atoms with Gasteiger partial charge >= 0.3 is 0 Å². The maximum atomic E-state index is 12.8. The molecule has 2 rings (SSSR count). The first-order chi connectivity index (χ1) is 12.6. The molecule has 0 spiro atoms. The van der Waals surface area contributed by atoms with Crippen molar-refractivity contribution in [3.63, 3.8) is 0 Å². The summed E-state index contributed by atoms with van der Waals surface area (Å²) in [4.78, 5) is 11.8. The van der Waals surface area contributed by atoms with Crippen molar-refractivity contribution < 1.29 is 23.4 Å². The van der Waals surface area contributed by atoms with Crippen LogP contribution in [0.2, 0.25) is 0 Å². The summed E-state index contributed by atoms with van der Waals surface area (Å²) in [7, 11) is 4.55. The maximum Gasteiger partial charge on any atom is 0.259 e. The van der Waals surface area contributed by atoms with Gasteiger partial charge in [-0.2, -0.15) is 5.10 Å². The van der Waals surface area contributed by atoms with Crippen molar-refractivity contribution in [3.8, 4) is 17.2 Å². The summed E-state index contributed by atoms with van der Waals surface area (Å²) >= 11 is 0. The third-order valence-corrected chi connectivity index (χ3v) is 3.39. The van der Waals surface area contributed by atoms with Gasteiger partial charge < -0.3 is 19.5 Å². The van der Waals surface area contributed by atoms with E-state index in [2.05, 4.69) is 15.8 Å². The minimum Gasteiger partial charge on any atom is -0.493 e. The first kappa shape index (κ1) is 19.0. The Hall–Kier alpha value is -3.29. The highest BCUT2D eigenvalue weighted by molar-refractivity contribution is 5.85. The summed E-state index contributed by atoms with van der Waals surface area (Å²) in [5.41, 5.74) is 3.69. The second-order valence-electron chi connectivity index (χ2n) is 5.11. The molecule has 2 N–H and O–H groups in total. The first-order valence-electron chi connectivity index (χ1n) is 7.68. The average molecular weight is 361 g/mol. The van der Waals surface area contributed by atoms with Crippen molar-refractivity contribution in [1.29, 1.82) is 0 Å². The number of halogens is 1. The number of carbonyl (C=O) groups excluding carboxylic acids is 1. The zero-order valence-corrected chi connectivity index (χ0v) is 14.7. The molecule has 0 fully saturated rings. The van der Waals surface area contributed by atoms with Crippen molar-refractivity contribution in [1.82, 2.24) is 5.43 Å². The number of benzene rings is 2. The highest BCUT2D eigenvalue weighted by atomic mass is 19.1. The van der Waals surface area contributed by atoms with Crippen LogP contribution in [-0.2, 0) is 4.79 Å². The standard InChI is InChI=1S/C18H20FN3O4/c1-24-15-8-12(9-16(25-2)18(15)26-3)10-21-22-17(23)11-20-14-6-4-13(19)5-7-14/h4-10,20H,11H2,1-3H3,(H,22,23). The van der Waals surface area contributed by atoms with Crippen molar-refractivity contribution in [3.05, 3.63) is 47.8 Å². The molecule has 0 saturated heterocycles. The number of amides is 1. The fourth-order valence-corrected chi connectivity index (χ4v) is 2.14. The molecule has 1 amide bonds. The molecule has 0 bridgehead atoms. The van der Waals surface area contributed by atoms with Crippen LogP contribution in [-0.4, -0.2) is 40.0 Å². The summed E-state index contributed by atoms with van der Waals surface area (Å²) in [5.74, 6) is 0.753. The Balaban J connectivity index is 1.94. The predicted molar refractivity (Wildman–Crippen MR) is 96.7 cm³/mol. The Kier molecular flexibility index (Phi) is 6.78. The number of nitrogens with zero attached hydrogens (tertiary/aromatic N) is 1. The molecule has 0 aliphatic heterocycles. The molecular weight excluding hydrogens is 341 g/mol. The highest BCUT2D eigenvalue weighted by Crippen LogP contribution is 2.37. The lowest BCUT2D eigenvalue weighted by Gasteiger charge is -2.12. The van der Waals surface area contributed by atoms with E-state index in [-0.39, 0.29) is 18.3 Å².